The Labute approximate surface area is 132 Å². The van der Waals surface area contributed by atoms with Gasteiger partial charge >= 0.3 is 0 Å². The minimum Gasteiger partial charge on any atom is -0.487 e. The fourth-order valence-corrected chi connectivity index (χ4v) is 3.15. The van der Waals surface area contributed by atoms with Gasteiger partial charge in [-0.05, 0) is 59.5 Å². The van der Waals surface area contributed by atoms with Crippen LogP contribution >= 0.6 is 15.9 Å². The first-order chi connectivity index (χ1) is 10.1. The minimum absolute atomic E-state index is 0.243. The second-order valence-corrected chi connectivity index (χ2v) is 6.15. The van der Waals surface area contributed by atoms with Gasteiger partial charge in [0, 0.05) is 19.0 Å². The van der Waals surface area contributed by atoms with E-state index in [1.54, 1.807) is 0 Å². The molecule has 0 amide bonds. The maximum absolute atomic E-state index is 11.8. The average Bonchev–Trinajstić information content (AvgIpc) is 2.70. The summed E-state index contributed by atoms with van der Waals surface area (Å²) < 4.78 is 8.67. The molecular formula is C16H17BrN2O2. The van der Waals surface area contributed by atoms with E-state index in [-0.39, 0.29) is 5.78 Å². The van der Waals surface area contributed by atoms with E-state index < -0.39 is 0 Å². The molecule has 0 aliphatic heterocycles. The lowest BCUT2D eigenvalue weighted by Crippen LogP contribution is -2.11. The Bertz CT molecular complexity index is 707. The number of carbonyl (C=O) groups is 1. The first kappa shape index (κ1) is 14.3. The lowest BCUT2D eigenvalue weighted by atomic mass is 9.90. The second-order valence-electron chi connectivity index (χ2n) is 5.35. The molecule has 1 aromatic carbocycles. The zero-order valence-corrected chi connectivity index (χ0v) is 13.7. The topological polar surface area (TPSA) is 44.1 Å². The molecule has 1 aliphatic rings. The van der Waals surface area contributed by atoms with Crippen molar-refractivity contribution >= 4 is 21.7 Å². The number of nitrogens with zero attached hydrogens (tertiary/aromatic N) is 2. The molecule has 0 radical (unpaired) electrons. The van der Waals surface area contributed by atoms with Crippen LogP contribution in [0.15, 0.2) is 22.7 Å². The van der Waals surface area contributed by atoms with Crippen LogP contribution in [0.3, 0.4) is 0 Å². The van der Waals surface area contributed by atoms with Gasteiger partial charge < -0.3 is 4.74 Å². The monoisotopic (exact) mass is 348 g/mol. The number of benzene rings is 1. The quantitative estimate of drug-likeness (QED) is 0.851. The maximum atomic E-state index is 11.8. The predicted molar refractivity (Wildman–Crippen MR) is 83.7 cm³/mol. The third-order valence-corrected chi connectivity index (χ3v) is 4.90. The Hall–Kier alpha value is -1.62. The van der Waals surface area contributed by atoms with E-state index in [1.807, 2.05) is 36.9 Å². The highest BCUT2D eigenvalue weighted by Crippen LogP contribution is 2.27. The molecule has 0 saturated carbocycles. The molecule has 110 valence electrons. The summed E-state index contributed by atoms with van der Waals surface area (Å²) in [6, 6.07) is 5.75. The van der Waals surface area contributed by atoms with Crippen molar-refractivity contribution in [2.45, 2.75) is 32.8 Å². The van der Waals surface area contributed by atoms with Crippen LogP contribution in [0.5, 0.6) is 5.75 Å². The molecule has 2 aromatic rings. The van der Waals surface area contributed by atoms with E-state index >= 15 is 0 Å². The van der Waals surface area contributed by atoms with E-state index in [9.17, 15) is 4.79 Å². The number of carbonyl (C=O) groups excluding carboxylic acids is 1. The molecule has 0 N–H and O–H groups in total. The highest BCUT2D eigenvalue weighted by atomic mass is 79.9. The van der Waals surface area contributed by atoms with Gasteiger partial charge in [-0.2, -0.15) is 5.10 Å². The molecule has 3 rings (SSSR count). The number of halogens is 1. The highest BCUT2D eigenvalue weighted by Gasteiger charge is 2.18. The van der Waals surface area contributed by atoms with E-state index in [0.29, 0.717) is 13.0 Å². The van der Waals surface area contributed by atoms with Crippen molar-refractivity contribution in [2.75, 3.05) is 0 Å². The molecule has 0 spiro atoms. The SMILES string of the molecule is Cc1nn(C)c(COc2ccc3c(c2)CCCC3=O)c1Br. The third-order valence-electron chi connectivity index (χ3n) is 3.86. The van der Waals surface area contributed by atoms with Crippen LogP contribution in [0, 0.1) is 6.92 Å². The van der Waals surface area contributed by atoms with Gasteiger partial charge in [0.1, 0.15) is 12.4 Å². The smallest absolute Gasteiger partial charge is 0.163 e. The van der Waals surface area contributed by atoms with Gasteiger partial charge in [0.25, 0.3) is 0 Å². The first-order valence-electron chi connectivity index (χ1n) is 7.03. The third kappa shape index (κ3) is 2.75. The second kappa shape index (κ2) is 5.64. The normalized spacial score (nSPS) is 14.1. The molecule has 0 fully saturated rings. The molecule has 21 heavy (non-hydrogen) atoms. The van der Waals surface area contributed by atoms with Crippen LogP contribution in [0.2, 0.25) is 0 Å². The van der Waals surface area contributed by atoms with Gasteiger partial charge in [-0.3, -0.25) is 9.48 Å². The van der Waals surface area contributed by atoms with Crippen molar-refractivity contribution in [3.8, 4) is 5.75 Å². The van der Waals surface area contributed by atoms with Gasteiger partial charge in [0.2, 0.25) is 0 Å². The van der Waals surface area contributed by atoms with Crippen molar-refractivity contribution in [3.05, 3.63) is 45.2 Å². The number of ether oxygens (including phenoxy) is 1. The number of fused-ring (bicyclic) bond motifs is 1. The van der Waals surface area contributed by atoms with Crippen LogP contribution in [0.1, 0.15) is 40.2 Å². The number of aromatic nitrogens is 2. The molecule has 0 unspecified atom stereocenters. The van der Waals surface area contributed by atoms with Crippen LogP contribution in [0.4, 0.5) is 0 Å². The van der Waals surface area contributed by atoms with Gasteiger partial charge in [-0.25, -0.2) is 0 Å². The summed E-state index contributed by atoms with van der Waals surface area (Å²) in [6.45, 7) is 2.41. The highest BCUT2D eigenvalue weighted by molar-refractivity contribution is 9.10. The van der Waals surface area contributed by atoms with E-state index in [2.05, 4.69) is 21.0 Å². The molecule has 1 aliphatic carbocycles. The van der Waals surface area contributed by atoms with Crippen LogP contribution in [-0.2, 0) is 20.1 Å². The Balaban J connectivity index is 1.78. The van der Waals surface area contributed by atoms with E-state index in [1.165, 1.54) is 0 Å². The number of aryl methyl sites for hydroxylation is 3. The lowest BCUT2D eigenvalue weighted by Gasteiger charge is -2.16. The molecule has 4 nitrogen and oxygen atoms in total. The van der Waals surface area contributed by atoms with Crippen molar-refractivity contribution < 1.29 is 9.53 Å². The van der Waals surface area contributed by atoms with Gasteiger partial charge in [-0.15, -0.1) is 0 Å². The summed E-state index contributed by atoms with van der Waals surface area (Å²) in [6.07, 6.45) is 2.54. The Kier molecular flexibility index (Phi) is 3.85. The number of hydrogen-bond acceptors (Lipinski definition) is 3. The van der Waals surface area contributed by atoms with Crippen molar-refractivity contribution in [1.82, 2.24) is 9.78 Å². The summed E-state index contributed by atoms with van der Waals surface area (Å²) in [5, 5.41) is 4.35. The molecular weight excluding hydrogens is 332 g/mol. The minimum atomic E-state index is 0.243. The summed E-state index contributed by atoms with van der Waals surface area (Å²) in [5.74, 6) is 1.04. The van der Waals surface area contributed by atoms with Crippen LogP contribution in [-0.4, -0.2) is 15.6 Å². The largest absolute Gasteiger partial charge is 0.487 e. The van der Waals surface area contributed by atoms with E-state index in [0.717, 1.165) is 45.6 Å². The van der Waals surface area contributed by atoms with Crippen LogP contribution in [0.25, 0.3) is 0 Å². The molecule has 1 heterocycles. The van der Waals surface area contributed by atoms with Crippen molar-refractivity contribution in [2.24, 2.45) is 7.05 Å². The Morgan fingerprint density at radius 1 is 1.38 bits per heavy atom. The predicted octanol–water partition coefficient (Wildman–Crippen LogP) is 3.59. The van der Waals surface area contributed by atoms with Crippen LogP contribution < -0.4 is 4.74 Å². The van der Waals surface area contributed by atoms with Crippen molar-refractivity contribution in [1.29, 1.82) is 0 Å². The molecule has 0 bridgehead atoms. The van der Waals surface area contributed by atoms with Crippen molar-refractivity contribution in [3.63, 3.8) is 0 Å². The standard InChI is InChI=1S/C16H17BrN2O2/c1-10-16(17)14(19(2)18-10)9-21-12-6-7-13-11(8-12)4-3-5-15(13)20/h6-8H,3-5,9H2,1-2H3. The van der Waals surface area contributed by atoms with Gasteiger partial charge in [0.15, 0.2) is 5.78 Å². The molecule has 0 atom stereocenters. The summed E-state index contributed by atoms with van der Waals surface area (Å²) in [4.78, 5) is 11.8. The summed E-state index contributed by atoms with van der Waals surface area (Å²) in [5.41, 5.74) is 3.91. The summed E-state index contributed by atoms with van der Waals surface area (Å²) >= 11 is 3.53. The lowest BCUT2D eigenvalue weighted by molar-refractivity contribution is 0.0972. The zero-order chi connectivity index (χ0) is 15.0. The zero-order valence-electron chi connectivity index (χ0n) is 12.1. The Morgan fingerprint density at radius 2 is 2.19 bits per heavy atom. The maximum Gasteiger partial charge on any atom is 0.163 e. The average molecular weight is 349 g/mol. The first-order valence-corrected chi connectivity index (χ1v) is 7.82. The van der Waals surface area contributed by atoms with Gasteiger partial charge in [0.05, 0.1) is 15.9 Å². The number of rotatable bonds is 3. The van der Waals surface area contributed by atoms with E-state index in [4.69, 9.17) is 4.74 Å². The summed E-state index contributed by atoms with van der Waals surface area (Å²) in [7, 11) is 1.90. The molecule has 0 saturated heterocycles. The number of ketones is 1. The Morgan fingerprint density at radius 3 is 2.90 bits per heavy atom. The fourth-order valence-electron chi connectivity index (χ4n) is 2.70. The van der Waals surface area contributed by atoms with Gasteiger partial charge in [-0.1, -0.05) is 0 Å². The fraction of sp³-hybridized carbons (Fsp3) is 0.375. The molecule has 5 heteroatoms. The molecule has 1 aromatic heterocycles. The number of hydrogen-bond donors (Lipinski definition) is 0. The number of Topliss-reactive ketones (excluding diaryl/α,β-unsaturated/α-hetero) is 1.